The highest BCUT2D eigenvalue weighted by Crippen LogP contribution is 2.19. The van der Waals surface area contributed by atoms with E-state index in [0.29, 0.717) is 19.3 Å². The van der Waals surface area contributed by atoms with Crippen LogP contribution in [0.2, 0.25) is 0 Å². The summed E-state index contributed by atoms with van der Waals surface area (Å²) in [6.07, 6.45) is 88.7. The Bertz CT molecular complexity index is 1400. The number of unbranched alkanes of at least 4 members (excludes halogenated alkanes) is 48. The third-order valence-electron chi connectivity index (χ3n) is 16.3. The van der Waals surface area contributed by atoms with Crippen LogP contribution < -0.4 is 0 Å². The molecule has 0 fully saturated rings. The summed E-state index contributed by atoms with van der Waals surface area (Å²) < 4.78 is 17.0. The quantitative estimate of drug-likeness (QED) is 0.0261. The van der Waals surface area contributed by atoms with E-state index in [4.69, 9.17) is 14.2 Å². The molecule has 0 heterocycles. The monoisotopic (exact) mass is 1140 g/mol. The number of hydrogen-bond acceptors (Lipinski definition) is 6. The van der Waals surface area contributed by atoms with Crippen molar-refractivity contribution in [1.82, 2.24) is 0 Å². The van der Waals surface area contributed by atoms with Gasteiger partial charge in [0.15, 0.2) is 6.10 Å². The molecule has 0 aliphatic rings. The van der Waals surface area contributed by atoms with Gasteiger partial charge in [-0.15, -0.1) is 0 Å². The maximum atomic E-state index is 12.9. The maximum Gasteiger partial charge on any atom is 0.306 e. The molecule has 0 bridgehead atoms. The molecule has 6 nitrogen and oxygen atoms in total. The minimum atomic E-state index is -0.781. The van der Waals surface area contributed by atoms with Gasteiger partial charge >= 0.3 is 17.9 Å². The van der Waals surface area contributed by atoms with Gasteiger partial charge in [0.05, 0.1) is 0 Å². The third kappa shape index (κ3) is 68.0. The smallest absolute Gasteiger partial charge is 0.306 e. The number of allylic oxidation sites excluding steroid dienone is 8. The number of carbonyl (C=O) groups excluding carboxylic acids is 3. The molecule has 0 aliphatic heterocycles. The van der Waals surface area contributed by atoms with Gasteiger partial charge in [-0.25, -0.2) is 0 Å². The predicted molar refractivity (Wildman–Crippen MR) is 353 cm³/mol. The second-order valence-corrected chi connectivity index (χ2v) is 24.5. The van der Waals surface area contributed by atoms with E-state index in [1.54, 1.807) is 0 Å². The van der Waals surface area contributed by atoms with E-state index < -0.39 is 6.10 Å². The Labute approximate surface area is 505 Å². The van der Waals surface area contributed by atoms with E-state index in [1.807, 2.05) is 0 Å². The Balaban J connectivity index is 4.19. The first-order valence-corrected chi connectivity index (χ1v) is 36.1. The lowest BCUT2D eigenvalue weighted by atomic mass is 10.0. The molecule has 0 aromatic carbocycles. The van der Waals surface area contributed by atoms with Crippen LogP contribution in [0.15, 0.2) is 48.6 Å². The first kappa shape index (κ1) is 78.4. The fourth-order valence-electron chi connectivity index (χ4n) is 10.9. The number of rotatable bonds is 67. The highest BCUT2D eigenvalue weighted by Gasteiger charge is 2.19. The second-order valence-electron chi connectivity index (χ2n) is 24.5. The summed E-state index contributed by atoms with van der Waals surface area (Å²) in [5, 5.41) is 0. The fourth-order valence-corrected chi connectivity index (χ4v) is 10.9. The number of esters is 3. The van der Waals surface area contributed by atoms with Crippen LogP contribution in [0, 0.1) is 0 Å². The molecule has 0 N–H and O–H groups in total. The van der Waals surface area contributed by atoms with Crippen LogP contribution in [0.4, 0.5) is 0 Å². The van der Waals surface area contributed by atoms with Gasteiger partial charge in [-0.3, -0.25) is 14.4 Å². The Kier molecular flexibility index (Phi) is 67.6. The molecule has 474 valence electrons. The van der Waals surface area contributed by atoms with Crippen LogP contribution >= 0.6 is 0 Å². The zero-order chi connectivity index (χ0) is 58.5. The highest BCUT2D eigenvalue weighted by molar-refractivity contribution is 5.71. The van der Waals surface area contributed by atoms with Crippen LogP contribution in [0.5, 0.6) is 0 Å². The molecule has 0 rings (SSSR count). The molecule has 0 radical (unpaired) electrons. The molecule has 0 saturated carbocycles. The first-order chi connectivity index (χ1) is 40.0. The van der Waals surface area contributed by atoms with Crippen LogP contribution in [0.3, 0.4) is 0 Å². The van der Waals surface area contributed by atoms with Crippen molar-refractivity contribution in [2.45, 2.75) is 399 Å². The van der Waals surface area contributed by atoms with E-state index in [0.717, 1.165) is 89.9 Å². The van der Waals surface area contributed by atoms with Gasteiger partial charge in [-0.05, 0) is 77.0 Å². The van der Waals surface area contributed by atoms with Gasteiger partial charge in [0.2, 0.25) is 0 Å². The molecular weight excluding hydrogens is 997 g/mol. The van der Waals surface area contributed by atoms with E-state index >= 15 is 0 Å². The van der Waals surface area contributed by atoms with Gasteiger partial charge in [0, 0.05) is 19.3 Å². The summed E-state index contributed by atoms with van der Waals surface area (Å²) in [4.78, 5) is 38.4. The van der Waals surface area contributed by atoms with Crippen LogP contribution in [-0.4, -0.2) is 37.2 Å². The second kappa shape index (κ2) is 69.9. The van der Waals surface area contributed by atoms with Crippen molar-refractivity contribution in [2.24, 2.45) is 0 Å². The summed E-state index contributed by atoms with van der Waals surface area (Å²) in [5.41, 5.74) is 0. The van der Waals surface area contributed by atoms with Crippen molar-refractivity contribution >= 4 is 17.9 Å². The van der Waals surface area contributed by atoms with Crippen LogP contribution in [0.1, 0.15) is 393 Å². The zero-order valence-electron chi connectivity index (χ0n) is 54.6. The molecule has 1 unspecified atom stereocenters. The maximum absolute atomic E-state index is 12.9. The summed E-state index contributed by atoms with van der Waals surface area (Å²) in [5.74, 6) is -0.870. The summed E-state index contributed by atoms with van der Waals surface area (Å²) in [6.45, 7) is 6.62. The number of carbonyl (C=O) groups is 3. The minimum Gasteiger partial charge on any atom is -0.462 e. The third-order valence-corrected chi connectivity index (χ3v) is 16.3. The highest BCUT2D eigenvalue weighted by atomic mass is 16.6. The summed E-state index contributed by atoms with van der Waals surface area (Å²) >= 11 is 0. The van der Waals surface area contributed by atoms with Crippen molar-refractivity contribution in [2.75, 3.05) is 13.2 Å². The zero-order valence-corrected chi connectivity index (χ0v) is 54.6. The largest absolute Gasteiger partial charge is 0.462 e. The van der Waals surface area contributed by atoms with Crippen molar-refractivity contribution in [1.29, 1.82) is 0 Å². The Morgan fingerprint density at radius 1 is 0.247 bits per heavy atom. The molecule has 1 atom stereocenters. The number of hydrogen-bond donors (Lipinski definition) is 0. The molecule has 0 aliphatic carbocycles. The molecule has 0 spiro atoms. The molecule has 0 aromatic heterocycles. The minimum absolute atomic E-state index is 0.0756. The van der Waals surface area contributed by atoms with Crippen LogP contribution in [0.25, 0.3) is 0 Å². The molecular formula is C75H138O6. The van der Waals surface area contributed by atoms with E-state index in [-0.39, 0.29) is 31.1 Å². The van der Waals surface area contributed by atoms with Gasteiger partial charge in [0.25, 0.3) is 0 Å². The fraction of sp³-hybridized carbons (Fsp3) is 0.853. The average Bonchev–Trinajstić information content (AvgIpc) is 3.46. The Hall–Kier alpha value is -2.63. The lowest BCUT2D eigenvalue weighted by molar-refractivity contribution is -0.167. The molecule has 81 heavy (non-hydrogen) atoms. The van der Waals surface area contributed by atoms with Crippen molar-refractivity contribution in [3.05, 3.63) is 48.6 Å². The number of ether oxygens (including phenoxy) is 3. The summed E-state index contributed by atoms with van der Waals surface area (Å²) in [7, 11) is 0. The topological polar surface area (TPSA) is 78.9 Å². The van der Waals surface area contributed by atoms with Gasteiger partial charge in [-0.2, -0.15) is 0 Å². The van der Waals surface area contributed by atoms with Gasteiger partial charge in [-0.1, -0.05) is 345 Å². The van der Waals surface area contributed by atoms with Crippen LogP contribution in [-0.2, 0) is 28.6 Å². The van der Waals surface area contributed by atoms with Gasteiger partial charge in [0.1, 0.15) is 13.2 Å². The van der Waals surface area contributed by atoms with Gasteiger partial charge < -0.3 is 14.2 Å². The molecule has 0 aromatic rings. The van der Waals surface area contributed by atoms with Crippen molar-refractivity contribution in [3.63, 3.8) is 0 Å². The molecule has 0 saturated heterocycles. The Morgan fingerprint density at radius 2 is 0.469 bits per heavy atom. The normalized spacial score (nSPS) is 12.3. The lowest BCUT2D eigenvalue weighted by Crippen LogP contribution is -2.30. The average molecular weight is 1140 g/mol. The van der Waals surface area contributed by atoms with Crippen molar-refractivity contribution < 1.29 is 28.6 Å². The standard InChI is InChI=1S/C75H138O6/c1-4-7-10-13-16-19-22-25-27-29-31-33-34-35-36-37-38-39-40-42-43-45-47-50-53-56-59-62-65-68-74(77)80-71-72(70-79-73(76)67-64-61-58-55-52-49-24-21-18-15-12-9-6-3)81-75(78)69-66-63-60-57-54-51-48-46-44-41-32-30-28-26-23-20-17-14-11-8-5-2/h12,15,21,23-24,26,30,32,72H,4-11,13-14,16-20,22,25,27-29,31,33-71H2,1-3H3/b15-12-,24-21-,26-23-,32-30-. The summed E-state index contributed by atoms with van der Waals surface area (Å²) in [6, 6.07) is 0. The first-order valence-electron chi connectivity index (χ1n) is 36.1. The van der Waals surface area contributed by atoms with E-state index in [2.05, 4.69) is 69.4 Å². The Morgan fingerprint density at radius 3 is 0.728 bits per heavy atom. The SMILES string of the molecule is CCC/C=C\C/C=C\CCCCCCCC(=O)OCC(COC(=O)CCCCCCCCCCCCCCCCCCCCCCCCCCCCCCC)OC(=O)CCCCCCCCCCC/C=C\C/C=C\CCCCCCC. The van der Waals surface area contributed by atoms with Crippen molar-refractivity contribution in [3.8, 4) is 0 Å². The predicted octanol–water partition coefficient (Wildman–Crippen LogP) is 24.9. The molecule has 6 heteroatoms. The van der Waals surface area contributed by atoms with E-state index in [9.17, 15) is 14.4 Å². The lowest BCUT2D eigenvalue weighted by Gasteiger charge is -2.18. The van der Waals surface area contributed by atoms with E-state index in [1.165, 1.54) is 263 Å². The molecule has 0 amide bonds.